The molecule has 0 unspecified atom stereocenters. The lowest BCUT2D eigenvalue weighted by atomic mass is 10.2. The predicted molar refractivity (Wildman–Crippen MR) is 80.5 cm³/mol. The van der Waals surface area contributed by atoms with Crippen molar-refractivity contribution in [2.75, 3.05) is 0 Å². The number of hydrogen-bond donors (Lipinski definition) is 1. The Kier molecular flexibility index (Phi) is 4.25. The van der Waals surface area contributed by atoms with Crippen LogP contribution in [0, 0.1) is 0 Å². The fourth-order valence-corrected chi connectivity index (χ4v) is 5.43. The topological polar surface area (TPSA) is 12.0 Å². The van der Waals surface area contributed by atoms with Gasteiger partial charge in [0.1, 0.15) is 0 Å². The number of nitrogens with one attached hydrogen (secondary N) is 1. The van der Waals surface area contributed by atoms with E-state index >= 15 is 0 Å². The smallest absolute Gasteiger partial charge is 0.0387 e. The van der Waals surface area contributed by atoms with Gasteiger partial charge < -0.3 is 5.32 Å². The molecule has 2 heteroatoms. The molecule has 1 rings (SSSR count). The first-order valence-electron chi connectivity index (χ1n) is 6.24. The third kappa shape index (κ3) is 4.32. The minimum Gasteiger partial charge on any atom is -0.359 e. The molecule has 0 radical (unpaired) electrons. The van der Waals surface area contributed by atoms with Gasteiger partial charge in [-0.1, -0.05) is 55.5 Å². The van der Waals surface area contributed by atoms with Crippen LogP contribution in [0.3, 0.4) is 0 Å². The first-order chi connectivity index (χ1) is 7.60. The van der Waals surface area contributed by atoms with E-state index in [2.05, 4.69) is 77.8 Å². The van der Waals surface area contributed by atoms with Crippen LogP contribution >= 0.6 is 7.92 Å². The highest BCUT2D eigenvalue weighted by molar-refractivity contribution is 7.64. The molecule has 0 amide bonds. The summed E-state index contributed by atoms with van der Waals surface area (Å²) in [6.45, 7) is 16.2. The molecule has 1 aliphatic heterocycles. The van der Waals surface area contributed by atoms with Crippen molar-refractivity contribution in [2.24, 2.45) is 0 Å². The van der Waals surface area contributed by atoms with E-state index in [0.717, 1.165) is 0 Å². The molecule has 0 atom stereocenters. The van der Waals surface area contributed by atoms with Crippen LogP contribution in [-0.4, -0.2) is 10.3 Å². The summed E-state index contributed by atoms with van der Waals surface area (Å²) in [4.78, 5) is 0. The maximum atomic E-state index is 3.44. The van der Waals surface area contributed by atoms with E-state index in [1.807, 2.05) is 0 Å². The maximum Gasteiger partial charge on any atom is 0.0387 e. The lowest BCUT2D eigenvalue weighted by molar-refractivity contribution is 0.713. The fraction of sp³-hybridized carbons (Fsp3) is 0.600. The van der Waals surface area contributed by atoms with Crippen molar-refractivity contribution in [1.29, 1.82) is 0 Å². The molecule has 96 valence electrons. The van der Waals surface area contributed by atoms with Crippen molar-refractivity contribution in [3.05, 3.63) is 35.4 Å². The van der Waals surface area contributed by atoms with Gasteiger partial charge in [0.25, 0.3) is 0 Å². The van der Waals surface area contributed by atoms with Gasteiger partial charge in [-0.3, -0.25) is 0 Å². The molecule has 1 nitrogen and oxygen atoms in total. The highest BCUT2D eigenvalue weighted by atomic mass is 31.1. The van der Waals surface area contributed by atoms with E-state index in [4.69, 9.17) is 0 Å². The maximum absolute atomic E-state index is 3.44. The Morgan fingerprint density at radius 3 is 2.00 bits per heavy atom. The molecule has 0 bridgehead atoms. The Labute approximate surface area is 108 Å². The van der Waals surface area contributed by atoms with E-state index in [0.29, 0.717) is 10.3 Å². The van der Waals surface area contributed by atoms with Crippen LogP contribution in [0.4, 0.5) is 0 Å². The van der Waals surface area contributed by atoms with Crippen molar-refractivity contribution in [3.63, 3.8) is 0 Å². The Morgan fingerprint density at radius 1 is 1.06 bits per heavy atom. The Morgan fingerprint density at radius 2 is 1.59 bits per heavy atom. The SMILES string of the molecule is CC1=CC=CC(=CP(C(C)(C)C)C(C)(C)C)N1. The molecular weight excluding hydrogens is 225 g/mol. The zero-order chi connectivity index (χ0) is 13.3. The van der Waals surface area contributed by atoms with Crippen molar-refractivity contribution < 1.29 is 0 Å². The zero-order valence-corrected chi connectivity index (χ0v) is 13.2. The molecule has 0 aromatic heterocycles. The number of hydrogen-bond acceptors (Lipinski definition) is 1. The molecule has 0 aromatic rings. The van der Waals surface area contributed by atoms with Crippen molar-refractivity contribution in [2.45, 2.75) is 58.8 Å². The number of dihydropyridines is 1. The summed E-state index contributed by atoms with van der Waals surface area (Å²) < 4.78 is 0. The first kappa shape index (κ1) is 14.5. The molecule has 0 aliphatic carbocycles. The predicted octanol–water partition coefficient (Wildman–Crippen LogP) is 4.97. The lowest BCUT2D eigenvalue weighted by Gasteiger charge is -2.40. The summed E-state index contributed by atoms with van der Waals surface area (Å²) in [5.41, 5.74) is 2.47. The van der Waals surface area contributed by atoms with Gasteiger partial charge in [0.15, 0.2) is 0 Å². The van der Waals surface area contributed by atoms with E-state index in [1.54, 1.807) is 0 Å². The second-order valence-corrected chi connectivity index (χ2v) is 10.3. The molecule has 0 aromatic carbocycles. The van der Waals surface area contributed by atoms with Gasteiger partial charge >= 0.3 is 0 Å². The normalized spacial score (nSPS) is 19.5. The Bertz CT molecular complexity index is 347. The third-order valence-corrected chi connectivity index (χ3v) is 6.10. The van der Waals surface area contributed by atoms with E-state index < -0.39 is 0 Å². The van der Waals surface area contributed by atoms with Gasteiger partial charge in [0.05, 0.1) is 0 Å². The number of allylic oxidation sites excluding steroid dienone is 4. The second kappa shape index (κ2) is 4.98. The summed E-state index contributed by atoms with van der Waals surface area (Å²) in [5, 5.41) is 4.12. The van der Waals surface area contributed by atoms with Gasteiger partial charge in [-0.05, 0) is 35.2 Å². The number of rotatable bonds is 1. The van der Waals surface area contributed by atoms with Crippen LogP contribution in [0.2, 0.25) is 0 Å². The van der Waals surface area contributed by atoms with Crippen molar-refractivity contribution in [3.8, 4) is 0 Å². The molecule has 0 saturated carbocycles. The van der Waals surface area contributed by atoms with E-state index in [9.17, 15) is 0 Å². The van der Waals surface area contributed by atoms with Crippen LogP contribution in [-0.2, 0) is 0 Å². The highest BCUT2D eigenvalue weighted by Crippen LogP contribution is 2.60. The average Bonchev–Trinajstić information content (AvgIpc) is 2.10. The van der Waals surface area contributed by atoms with Crippen LogP contribution in [0.1, 0.15) is 48.5 Å². The highest BCUT2D eigenvalue weighted by Gasteiger charge is 2.32. The molecule has 0 saturated heterocycles. The van der Waals surface area contributed by atoms with Crippen molar-refractivity contribution in [1.82, 2.24) is 5.32 Å². The van der Waals surface area contributed by atoms with Crippen LogP contribution in [0.25, 0.3) is 0 Å². The summed E-state index contributed by atoms with van der Waals surface area (Å²) in [6.07, 6.45) is 6.39. The van der Waals surface area contributed by atoms with Gasteiger partial charge in [0.2, 0.25) is 0 Å². The Balaban J connectivity index is 3.00. The minimum absolute atomic E-state index is 0.188. The minimum atomic E-state index is -0.188. The summed E-state index contributed by atoms with van der Waals surface area (Å²) >= 11 is 0. The largest absolute Gasteiger partial charge is 0.359 e. The van der Waals surface area contributed by atoms with E-state index in [-0.39, 0.29) is 7.92 Å². The molecule has 1 aliphatic rings. The molecule has 1 N–H and O–H groups in total. The average molecular weight is 251 g/mol. The van der Waals surface area contributed by atoms with Gasteiger partial charge in [0, 0.05) is 11.4 Å². The van der Waals surface area contributed by atoms with Gasteiger partial charge in [-0.25, -0.2) is 0 Å². The fourth-order valence-electron chi connectivity index (χ4n) is 2.22. The Hall–Kier alpha value is -0.550. The van der Waals surface area contributed by atoms with Crippen LogP contribution in [0.5, 0.6) is 0 Å². The monoisotopic (exact) mass is 251 g/mol. The molecular formula is C15H26NP. The molecule has 17 heavy (non-hydrogen) atoms. The summed E-state index contributed by atoms with van der Waals surface area (Å²) in [6, 6.07) is 0. The molecule has 0 fully saturated rings. The van der Waals surface area contributed by atoms with Crippen molar-refractivity contribution >= 4 is 7.92 Å². The summed E-state index contributed by atoms with van der Waals surface area (Å²) in [5.74, 6) is 2.45. The molecule has 1 heterocycles. The first-order valence-corrected chi connectivity index (χ1v) is 7.65. The standard InChI is InChI=1S/C15H26NP/c1-12-9-8-10-13(16-12)11-17(14(2,3)4)15(5,6)7/h8-11,16H,1-7H3. The lowest BCUT2D eigenvalue weighted by Crippen LogP contribution is -2.24. The quantitative estimate of drug-likeness (QED) is 0.649. The summed E-state index contributed by atoms with van der Waals surface area (Å²) in [7, 11) is -0.188. The zero-order valence-electron chi connectivity index (χ0n) is 12.3. The van der Waals surface area contributed by atoms with E-state index in [1.165, 1.54) is 11.4 Å². The van der Waals surface area contributed by atoms with Gasteiger partial charge in [-0.2, -0.15) is 0 Å². The molecule has 0 spiro atoms. The van der Waals surface area contributed by atoms with Crippen LogP contribution < -0.4 is 5.32 Å². The van der Waals surface area contributed by atoms with Gasteiger partial charge in [-0.15, -0.1) is 0 Å². The third-order valence-electron chi connectivity index (χ3n) is 2.68. The second-order valence-electron chi connectivity index (χ2n) is 6.63. The van der Waals surface area contributed by atoms with Crippen LogP contribution in [0.15, 0.2) is 35.4 Å².